The van der Waals surface area contributed by atoms with Crippen molar-refractivity contribution in [2.75, 3.05) is 13.6 Å². The summed E-state index contributed by atoms with van der Waals surface area (Å²) in [7, 11) is 2.07. The molecule has 2 rings (SSSR count). The Morgan fingerprint density at radius 2 is 2.10 bits per heavy atom. The molecule has 0 radical (unpaired) electrons. The van der Waals surface area contributed by atoms with Gasteiger partial charge in [0.1, 0.15) is 0 Å². The van der Waals surface area contributed by atoms with Gasteiger partial charge in [0.05, 0.1) is 3.79 Å². The first-order chi connectivity index (χ1) is 9.51. The second-order valence-electron chi connectivity index (χ2n) is 4.59. The molecule has 0 saturated heterocycles. The number of nitrogens with two attached hydrogens (primary N) is 1. The van der Waals surface area contributed by atoms with Crippen molar-refractivity contribution in [3.8, 4) is 0 Å². The first-order valence-electron chi connectivity index (χ1n) is 6.09. The minimum atomic E-state index is 0.106. The van der Waals surface area contributed by atoms with Crippen molar-refractivity contribution in [3.05, 3.63) is 54.1 Å². The van der Waals surface area contributed by atoms with Crippen LogP contribution in [0.2, 0.25) is 5.02 Å². The van der Waals surface area contributed by atoms with Crippen LogP contribution in [-0.4, -0.2) is 18.5 Å². The van der Waals surface area contributed by atoms with Gasteiger partial charge in [-0.2, -0.15) is 0 Å². The first-order valence-corrected chi connectivity index (χ1v) is 8.93. The molecule has 2 nitrogen and oxygen atoms in total. The zero-order valence-electron chi connectivity index (χ0n) is 10.9. The van der Waals surface area contributed by atoms with Gasteiger partial charge in [-0.3, -0.25) is 4.90 Å². The number of thiophene rings is 1. The number of likely N-dealkylation sites (N-methyl/N-ethyl adjacent to an activating group) is 1. The van der Waals surface area contributed by atoms with Crippen molar-refractivity contribution in [1.29, 1.82) is 0 Å². The van der Waals surface area contributed by atoms with Crippen molar-refractivity contribution in [3.63, 3.8) is 0 Å². The van der Waals surface area contributed by atoms with E-state index < -0.39 is 0 Å². The summed E-state index contributed by atoms with van der Waals surface area (Å²) in [4.78, 5) is 2.23. The summed E-state index contributed by atoms with van der Waals surface area (Å²) >= 11 is 14.9. The van der Waals surface area contributed by atoms with Gasteiger partial charge in [0, 0.05) is 28.6 Å². The third-order valence-corrected chi connectivity index (χ3v) is 5.50. The van der Waals surface area contributed by atoms with E-state index >= 15 is 0 Å². The van der Waals surface area contributed by atoms with Gasteiger partial charge in [-0.05, 0) is 57.7 Å². The highest BCUT2D eigenvalue weighted by molar-refractivity contribution is 9.11. The van der Waals surface area contributed by atoms with E-state index in [2.05, 4.69) is 55.3 Å². The summed E-state index contributed by atoms with van der Waals surface area (Å²) in [6, 6.07) is 8.18. The third kappa shape index (κ3) is 4.06. The molecule has 108 valence electrons. The van der Waals surface area contributed by atoms with E-state index in [1.54, 1.807) is 11.3 Å². The Hall–Kier alpha value is 0.0900. The normalized spacial score (nSPS) is 12.9. The van der Waals surface area contributed by atoms with Crippen LogP contribution in [0.3, 0.4) is 0 Å². The van der Waals surface area contributed by atoms with Crippen LogP contribution in [0, 0.1) is 0 Å². The standard InChI is InChI=1S/C14H15Br2ClN2S/c1-19(7-9-4-14(16)20-8-9)13(6-18)11-3-2-10(15)5-12(11)17/h2-5,8,13H,6-7,18H2,1H3. The number of halogens is 3. The van der Waals surface area contributed by atoms with Crippen molar-refractivity contribution in [2.24, 2.45) is 5.73 Å². The topological polar surface area (TPSA) is 29.3 Å². The molecule has 0 amide bonds. The van der Waals surface area contributed by atoms with Gasteiger partial charge < -0.3 is 5.73 Å². The summed E-state index contributed by atoms with van der Waals surface area (Å²) in [5.74, 6) is 0. The average molecular weight is 439 g/mol. The van der Waals surface area contributed by atoms with E-state index in [1.807, 2.05) is 18.2 Å². The molecule has 2 N–H and O–H groups in total. The molecule has 0 fully saturated rings. The lowest BCUT2D eigenvalue weighted by Crippen LogP contribution is -2.30. The Balaban J connectivity index is 2.18. The van der Waals surface area contributed by atoms with Crippen LogP contribution in [-0.2, 0) is 6.54 Å². The fourth-order valence-corrected chi connectivity index (χ4v) is 4.14. The molecule has 1 aromatic heterocycles. The van der Waals surface area contributed by atoms with Crippen LogP contribution in [0.5, 0.6) is 0 Å². The highest BCUT2D eigenvalue weighted by Crippen LogP contribution is 2.30. The van der Waals surface area contributed by atoms with Gasteiger partial charge in [0.2, 0.25) is 0 Å². The number of benzene rings is 1. The first kappa shape index (κ1) is 16.5. The maximum absolute atomic E-state index is 6.34. The summed E-state index contributed by atoms with van der Waals surface area (Å²) in [5.41, 5.74) is 8.29. The second-order valence-corrected chi connectivity index (χ2v) is 8.20. The molecule has 1 atom stereocenters. The molecule has 0 aliphatic heterocycles. The lowest BCUT2D eigenvalue weighted by molar-refractivity contribution is 0.242. The Morgan fingerprint density at radius 3 is 2.65 bits per heavy atom. The number of nitrogens with zero attached hydrogens (tertiary/aromatic N) is 1. The van der Waals surface area contributed by atoms with Gasteiger partial charge in [-0.25, -0.2) is 0 Å². The summed E-state index contributed by atoms with van der Waals surface area (Å²) in [6.45, 7) is 1.37. The predicted octanol–water partition coefficient (Wildman–Crippen LogP) is 5.06. The molecule has 0 saturated carbocycles. The molecule has 0 spiro atoms. The SMILES string of the molecule is CN(Cc1csc(Br)c1)C(CN)c1ccc(Br)cc1Cl. The van der Waals surface area contributed by atoms with E-state index in [0.29, 0.717) is 6.54 Å². The van der Waals surface area contributed by atoms with Gasteiger partial charge >= 0.3 is 0 Å². The molecule has 1 aromatic carbocycles. The fraction of sp³-hybridized carbons (Fsp3) is 0.286. The molecule has 1 unspecified atom stereocenters. The molecule has 20 heavy (non-hydrogen) atoms. The zero-order chi connectivity index (χ0) is 14.7. The maximum Gasteiger partial charge on any atom is 0.0701 e. The van der Waals surface area contributed by atoms with E-state index in [1.165, 1.54) is 5.56 Å². The molecule has 1 heterocycles. The molecule has 6 heteroatoms. The molecular weight excluding hydrogens is 423 g/mol. The predicted molar refractivity (Wildman–Crippen MR) is 94.4 cm³/mol. The van der Waals surface area contributed by atoms with Crippen LogP contribution in [0.15, 0.2) is 37.9 Å². The molecular formula is C14H15Br2ClN2S. The Labute approximate surface area is 145 Å². The summed E-state index contributed by atoms with van der Waals surface area (Å²) < 4.78 is 2.12. The van der Waals surface area contributed by atoms with E-state index in [0.717, 1.165) is 25.4 Å². The maximum atomic E-state index is 6.34. The zero-order valence-corrected chi connectivity index (χ0v) is 15.7. The van der Waals surface area contributed by atoms with Crippen molar-refractivity contribution < 1.29 is 0 Å². The highest BCUT2D eigenvalue weighted by Gasteiger charge is 2.18. The smallest absolute Gasteiger partial charge is 0.0701 e. The van der Waals surface area contributed by atoms with Gasteiger partial charge in [-0.1, -0.05) is 33.6 Å². The third-order valence-electron chi connectivity index (χ3n) is 3.13. The van der Waals surface area contributed by atoms with Crippen LogP contribution in [0.1, 0.15) is 17.2 Å². The average Bonchev–Trinajstić information content (AvgIpc) is 2.78. The lowest BCUT2D eigenvalue weighted by atomic mass is 10.1. The van der Waals surface area contributed by atoms with Crippen LogP contribution >= 0.6 is 54.8 Å². The summed E-state index contributed by atoms with van der Waals surface area (Å²) in [6.07, 6.45) is 0. The van der Waals surface area contributed by atoms with Gasteiger partial charge in [0.25, 0.3) is 0 Å². The molecule has 0 aliphatic carbocycles. The monoisotopic (exact) mass is 436 g/mol. The van der Waals surface area contributed by atoms with E-state index in [4.69, 9.17) is 17.3 Å². The van der Waals surface area contributed by atoms with E-state index in [9.17, 15) is 0 Å². The Kier molecular flexibility index (Phi) is 6.08. The molecule has 0 bridgehead atoms. The second kappa shape index (κ2) is 7.38. The van der Waals surface area contributed by atoms with Crippen LogP contribution in [0.25, 0.3) is 0 Å². The quantitative estimate of drug-likeness (QED) is 0.707. The van der Waals surface area contributed by atoms with E-state index in [-0.39, 0.29) is 6.04 Å². The minimum absolute atomic E-state index is 0.106. The van der Waals surface area contributed by atoms with Crippen molar-refractivity contribution in [1.82, 2.24) is 4.90 Å². The van der Waals surface area contributed by atoms with Crippen molar-refractivity contribution in [2.45, 2.75) is 12.6 Å². The number of hydrogen-bond acceptors (Lipinski definition) is 3. The molecule has 0 aliphatic rings. The fourth-order valence-electron chi connectivity index (χ4n) is 2.14. The van der Waals surface area contributed by atoms with Crippen molar-refractivity contribution >= 4 is 54.8 Å². The number of rotatable bonds is 5. The highest BCUT2D eigenvalue weighted by atomic mass is 79.9. The van der Waals surface area contributed by atoms with Gasteiger partial charge in [0.15, 0.2) is 0 Å². The largest absolute Gasteiger partial charge is 0.329 e. The Morgan fingerprint density at radius 1 is 1.35 bits per heavy atom. The van der Waals surface area contributed by atoms with Crippen LogP contribution < -0.4 is 5.73 Å². The Bertz CT molecular complexity index is 588. The lowest BCUT2D eigenvalue weighted by Gasteiger charge is -2.28. The van der Waals surface area contributed by atoms with Crippen LogP contribution in [0.4, 0.5) is 0 Å². The number of hydrogen-bond donors (Lipinski definition) is 1. The molecule has 2 aromatic rings. The summed E-state index contributed by atoms with van der Waals surface area (Å²) in [5, 5.41) is 2.89. The minimum Gasteiger partial charge on any atom is -0.329 e. The van der Waals surface area contributed by atoms with Gasteiger partial charge in [-0.15, -0.1) is 11.3 Å².